The number of unbranched alkanes of at least 4 members (excludes halogenated alkanes) is 1. The molecule has 13 heteroatoms. The highest BCUT2D eigenvalue weighted by Gasteiger charge is 2.20. The highest BCUT2D eigenvalue weighted by Crippen LogP contribution is 2.19. The molecule has 1 aromatic rings. The fraction of sp³-hybridized carbons (Fsp3) is 0.724. The lowest BCUT2D eigenvalue weighted by Crippen LogP contribution is -2.35. The van der Waals surface area contributed by atoms with Crippen molar-refractivity contribution in [3.8, 4) is 0 Å². The van der Waals surface area contributed by atoms with E-state index in [1.165, 1.54) is 32.1 Å². The lowest BCUT2D eigenvalue weighted by Gasteiger charge is -2.23. The van der Waals surface area contributed by atoms with Crippen molar-refractivity contribution in [2.24, 2.45) is 5.11 Å². The highest BCUT2D eigenvalue weighted by molar-refractivity contribution is 5.76. The first-order chi connectivity index (χ1) is 20.6. The third-order valence-electron chi connectivity index (χ3n) is 7.70. The molecule has 1 amide bonds. The third kappa shape index (κ3) is 12.7. The minimum absolute atomic E-state index is 0.0872. The number of rotatable bonds is 19. The van der Waals surface area contributed by atoms with E-state index >= 15 is 0 Å². The van der Waals surface area contributed by atoms with E-state index in [2.05, 4.69) is 41.2 Å². The number of hydrogen-bond donors (Lipinski definition) is 6. The van der Waals surface area contributed by atoms with Crippen LogP contribution in [0.3, 0.4) is 0 Å². The summed E-state index contributed by atoms with van der Waals surface area (Å²) in [5.74, 6) is 1.50. The molecule has 2 fully saturated rings. The van der Waals surface area contributed by atoms with Gasteiger partial charge in [-0.15, -0.1) is 0 Å². The summed E-state index contributed by atoms with van der Waals surface area (Å²) in [5, 5.41) is 17.2. The molecule has 2 heterocycles. The number of anilines is 3. The van der Waals surface area contributed by atoms with Crippen molar-refractivity contribution in [2.75, 3.05) is 74.9 Å². The summed E-state index contributed by atoms with van der Waals surface area (Å²) in [6, 6.07) is 2.46. The van der Waals surface area contributed by atoms with Crippen LogP contribution in [0.1, 0.15) is 70.6 Å². The molecular formula is C29H51N11O2. The quantitative estimate of drug-likeness (QED) is 0.0804. The van der Waals surface area contributed by atoms with Gasteiger partial charge >= 0.3 is 0 Å². The summed E-state index contributed by atoms with van der Waals surface area (Å²) in [5.41, 5.74) is 14.1. The van der Waals surface area contributed by atoms with Gasteiger partial charge in [-0.3, -0.25) is 4.79 Å². The number of hydrogen-bond acceptors (Lipinski definition) is 12. The topological polar surface area (TPSA) is 177 Å². The molecule has 1 aliphatic carbocycles. The van der Waals surface area contributed by atoms with Crippen LogP contribution in [0.15, 0.2) is 23.1 Å². The monoisotopic (exact) mass is 585 g/mol. The standard InChI is InChI=1S/C29H51N11O2/c30-26-21-27(39-16-8-17-40(19-18-39)28(42)11-4-5-20-41)37-29(36-26)35-23-25(38-31)22-33-14-6-12-32-13-7-15-34-24-9-2-1-3-10-24/h20-22,24,31-34H,1-19,23H2,(H3,30,35,36,37)/b25-22-,38-31?. The van der Waals surface area contributed by atoms with Crippen LogP contribution in [-0.2, 0) is 9.59 Å². The fourth-order valence-corrected chi connectivity index (χ4v) is 5.33. The fourth-order valence-electron chi connectivity index (χ4n) is 5.33. The van der Waals surface area contributed by atoms with Crippen molar-refractivity contribution < 1.29 is 9.59 Å². The van der Waals surface area contributed by atoms with Gasteiger partial charge in [0.15, 0.2) is 0 Å². The van der Waals surface area contributed by atoms with Crippen LogP contribution in [0, 0.1) is 5.53 Å². The van der Waals surface area contributed by atoms with E-state index in [1.807, 2.05) is 4.90 Å². The Morgan fingerprint density at radius 3 is 2.62 bits per heavy atom. The van der Waals surface area contributed by atoms with Crippen molar-refractivity contribution in [1.29, 1.82) is 5.53 Å². The average Bonchev–Trinajstić information content (AvgIpc) is 3.27. The first-order valence-corrected chi connectivity index (χ1v) is 15.7. The van der Waals surface area contributed by atoms with E-state index in [9.17, 15) is 9.59 Å². The van der Waals surface area contributed by atoms with Gasteiger partial charge in [-0.2, -0.15) is 15.1 Å². The zero-order valence-electron chi connectivity index (χ0n) is 25.1. The molecule has 2 aliphatic rings. The SMILES string of the molecule is N=N/C(=C\NCCCNCCCNC1CCCCC1)CNc1nc(N)cc(N2CCCN(C(=O)CCCC=O)CC2)n1. The van der Waals surface area contributed by atoms with Crippen LogP contribution in [0.25, 0.3) is 0 Å². The second kappa shape index (κ2) is 19.7. The summed E-state index contributed by atoms with van der Waals surface area (Å²) >= 11 is 0. The van der Waals surface area contributed by atoms with E-state index in [-0.39, 0.29) is 12.5 Å². The predicted molar refractivity (Wildman–Crippen MR) is 166 cm³/mol. The molecule has 0 aromatic carbocycles. The molecule has 1 saturated heterocycles. The molecule has 0 atom stereocenters. The Bertz CT molecular complexity index is 984. The number of nitrogens with one attached hydrogen (secondary N) is 5. The maximum absolute atomic E-state index is 12.5. The van der Waals surface area contributed by atoms with Gasteiger partial charge in [-0.1, -0.05) is 19.3 Å². The molecule has 1 aliphatic heterocycles. The molecule has 234 valence electrons. The molecule has 0 unspecified atom stereocenters. The lowest BCUT2D eigenvalue weighted by molar-refractivity contribution is -0.131. The maximum atomic E-state index is 12.5. The molecule has 0 bridgehead atoms. The molecule has 1 saturated carbocycles. The zero-order chi connectivity index (χ0) is 29.8. The molecule has 7 N–H and O–H groups in total. The number of nitrogens with two attached hydrogens (primary N) is 1. The molecule has 0 radical (unpaired) electrons. The van der Waals surface area contributed by atoms with Gasteiger partial charge in [0.05, 0.1) is 12.2 Å². The Balaban J connectivity index is 1.33. The third-order valence-corrected chi connectivity index (χ3v) is 7.70. The minimum Gasteiger partial charge on any atom is -0.389 e. The zero-order valence-corrected chi connectivity index (χ0v) is 25.1. The number of nitrogen functional groups attached to an aromatic ring is 1. The number of nitrogens with zero attached hydrogens (tertiary/aromatic N) is 5. The van der Waals surface area contributed by atoms with E-state index in [4.69, 9.17) is 11.3 Å². The maximum Gasteiger partial charge on any atom is 0.226 e. The minimum atomic E-state index is 0.0872. The summed E-state index contributed by atoms with van der Waals surface area (Å²) in [6.45, 7) is 6.78. The van der Waals surface area contributed by atoms with Gasteiger partial charge in [0.25, 0.3) is 0 Å². The highest BCUT2D eigenvalue weighted by atomic mass is 16.2. The predicted octanol–water partition coefficient (Wildman–Crippen LogP) is 2.63. The van der Waals surface area contributed by atoms with Crippen molar-refractivity contribution >= 4 is 29.8 Å². The smallest absolute Gasteiger partial charge is 0.226 e. The van der Waals surface area contributed by atoms with E-state index in [0.717, 1.165) is 64.3 Å². The molecule has 3 rings (SSSR count). The van der Waals surface area contributed by atoms with Crippen LogP contribution in [0.2, 0.25) is 0 Å². The van der Waals surface area contributed by atoms with Crippen molar-refractivity contribution in [1.82, 2.24) is 30.8 Å². The number of carbonyl (C=O) groups excluding carboxylic acids is 2. The molecule has 1 aromatic heterocycles. The van der Waals surface area contributed by atoms with Crippen molar-refractivity contribution in [3.63, 3.8) is 0 Å². The van der Waals surface area contributed by atoms with Crippen LogP contribution < -0.4 is 31.9 Å². The summed E-state index contributed by atoms with van der Waals surface area (Å²) in [6.07, 6.45) is 13.7. The van der Waals surface area contributed by atoms with Crippen LogP contribution in [-0.4, -0.2) is 92.0 Å². The Morgan fingerprint density at radius 1 is 1.02 bits per heavy atom. The van der Waals surface area contributed by atoms with E-state index in [0.29, 0.717) is 62.2 Å². The van der Waals surface area contributed by atoms with Gasteiger partial charge in [-0.05, 0) is 58.2 Å². The number of amides is 1. The summed E-state index contributed by atoms with van der Waals surface area (Å²) in [4.78, 5) is 35.9. The van der Waals surface area contributed by atoms with Crippen LogP contribution in [0.5, 0.6) is 0 Å². The van der Waals surface area contributed by atoms with Crippen molar-refractivity contribution in [2.45, 2.75) is 76.7 Å². The van der Waals surface area contributed by atoms with Gasteiger partial charge in [0.1, 0.15) is 17.9 Å². The van der Waals surface area contributed by atoms with Gasteiger partial charge in [-0.25, -0.2) is 5.53 Å². The van der Waals surface area contributed by atoms with Crippen LogP contribution >= 0.6 is 0 Å². The molecular weight excluding hydrogens is 534 g/mol. The normalized spacial score (nSPS) is 16.6. The Labute approximate surface area is 250 Å². The first-order valence-electron chi connectivity index (χ1n) is 15.7. The summed E-state index contributed by atoms with van der Waals surface area (Å²) in [7, 11) is 0. The Hall–Kier alpha value is -3.32. The average molecular weight is 586 g/mol. The molecule has 0 spiro atoms. The molecule has 13 nitrogen and oxygen atoms in total. The van der Waals surface area contributed by atoms with Gasteiger partial charge < -0.3 is 41.6 Å². The van der Waals surface area contributed by atoms with Gasteiger partial charge in [0, 0.05) is 63.9 Å². The number of aromatic nitrogens is 2. The largest absolute Gasteiger partial charge is 0.389 e. The second-order valence-corrected chi connectivity index (χ2v) is 11.1. The van der Waals surface area contributed by atoms with Crippen LogP contribution in [0.4, 0.5) is 17.6 Å². The first kappa shape index (κ1) is 33.2. The number of carbonyl (C=O) groups is 2. The van der Waals surface area contributed by atoms with E-state index < -0.39 is 0 Å². The Morgan fingerprint density at radius 2 is 1.83 bits per heavy atom. The van der Waals surface area contributed by atoms with Crippen molar-refractivity contribution in [3.05, 3.63) is 18.0 Å². The second-order valence-electron chi connectivity index (χ2n) is 11.1. The van der Waals surface area contributed by atoms with Gasteiger partial charge in [0.2, 0.25) is 11.9 Å². The van der Waals surface area contributed by atoms with E-state index in [1.54, 1.807) is 12.3 Å². The Kier molecular flexibility index (Phi) is 15.6. The summed E-state index contributed by atoms with van der Waals surface area (Å²) < 4.78 is 0. The lowest BCUT2D eigenvalue weighted by atomic mass is 9.95. The number of aldehydes is 1. The molecule has 42 heavy (non-hydrogen) atoms.